The predicted octanol–water partition coefficient (Wildman–Crippen LogP) is 1.67. The van der Waals surface area contributed by atoms with Gasteiger partial charge in [-0.25, -0.2) is 0 Å². The highest BCUT2D eigenvalue weighted by atomic mass is 16.5. The van der Waals surface area contributed by atoms with E-state index >= 15 is 0 Å². The van der Waals surface area contributed by atoms with Crippen molar-refractivity contribution in [3.63, 3.8) is 0 Å². The summed E-state index contributed by atoms with van der Waals surface area (Å²) >= 11 is 0. The van der Waals surface area contributed by atoms with E-state index in [9.17, 15) is 14.4 Å². The highest BCUT2D eigenvalue weighted by molar-refractivity contribution is 5.86. The summed E-state index contributed by atoms with van der Waals surface area (Å²) in [4.78, 5) is 37.9. The molecule has 0 saturated carbocycles. The van der Waals surface area contributed by atoms with E-state index in [4.69, 9.17) is 4.74 Å². The highest BCUT2D eigenvalue weighted by Crippen LogP contribution is 2.19. The van der Waals surface area contributed by atoms with Crippen LogP contribution < -0.4 is 10.6 Å². The topological polar surface area (TPSA) is 100 Å². The number of hydrogen-bond acceptors (Lipinski definition) is 4. The van der Waals surface area contributed by atoms with E-state index in [0.29, 0.717) is 6.42 Å². The van der Waals surface area contributed by atoms with Crippen molar-refractivity contribution >= 4 is 28.7 Å². The number of aryl methyl sites for hydroxylation is 1. The van der Waals surface area contributed by atoms with Gasteiger partial charge in [0.05, 0.1) is 6.54 Å². The molecule has 0 aliphatic heterocycles. The zero-order valence-electron chi connectivity index (χ0n) is 15.1. The molecule has 1 heterocycles. The Labute approximate surface area is 152 Å². The van der Waals surface area contributed by atoms with Gasteiger partial charge in [-0.15, -0.1) is 0 Å². The molecule has 3 N–H and O–H groups in total. The molecule has 0 unspecified atom stereocenters. The van der Waals surface area contributed by atoms with Gasteiger partial charge >= 0.3 is 5.97 Å². The molecule has 2 rings (SSSR count). The van der Waals surface area contributed by atoms with Gasteiger partial charge in [-0.2, -0.15) is 0 Å². The van der Waals surface area contributed by atoms with E-state index in [2.05, 4.69) is 15.6 Å². The third kappa shape index (κ3) is 6.23. The number of nitrogens with one attached hydrogen (secondary N) is 3. The van der Waals surface area contributed by atoms with Crippen LogP contribution in [0.4, 0.5) is 0 Å². The highest BCUT2D eigenvalue weighted by Gasteiger charge is 2.10. The third-order valence-corrected chi connectivity index (χ3v) is 3.76. The number of carbonyl (C=O) groups is 3. The van der Waals surface area contributed by atoms with E-state index in [0.717, 1.165) is 22.9 Å². The Bertz CT molecular complexity index is 767. The van der Waals surface area contributed by atoms with Crippen molar-refractivity contribution < 1.29 is 19.1 Å². The summed E-state index contributed by atoms with van der Waals surface area (Å²) in [7, 11) is 0. The number of amides is 2. The number of hydrogen-bond donors (Lipinski definition) is 3. The number of H-pyrrole nitrogens is 1. The Kier molecular flexibility index (Phi) is 7.20. The maximum Gasteiger partial charge on any atom is 0.306 e. The first-order valence-corrected chi connectivity index (χ1v) is 8.72. The maximum absolute atomic E-state index is 11.7. The van der Waals surface area contributed by atoms with Crippen molar-refractivity contribution in [1.82, 2.24) is 15.6 Å². The number of ether oxygens (including phenoxy) is 1. The second-order valence-electron chi connectivity index (χ2n) is 6.37. The lowest BCUT2D eigenvalue weighted by Gasteiger charge is -2.09. The van der Waals surface area contributed by atoms with Crippen LogP contribution in [0.2, 0.25) is 0 Å². The third-order valence-electron chi connectivity index (χ3n) is 3.76. The van der Waals surface area contributed by atoms with E-state index in [1.165, 1.54) is 0 Å². The number of rotatable bonds is 9. The largest absolute Gasteiger partial charge is 0.456 e. The molecule has 7 heteroatoms. The zero-order valence-corrected chi connectivity index (χ0v) is 15.1. The minimum Gasteiger partial charge on any atom is -0.456 e. The number of aromatic nitrogens is 1. The molecule has 0 atom stereocenters. The molecule has 1 aromatic heterocycles. The molecule has 0 aliphatic rings. The molecule has 0 fully saturated rings. The average Bonchev–Trinajstić information content (AvgIpc) is 3.01. The van der Waals surface area contributed by atoms with Crippen LogP contribution in [0.15, 0.2) is 30.5 Å². The van der Waals surface area contributed by atoms with E-state index < -0.39 is 11.9 Å². The van der Waals surface area contributed by atoms with E-state index in [-0.39, 0.29) is 31.5 Å². The molecule has 0 saturated heterocycles. The number of fused-ring (bicyclic) bond motifs is 1. The lowest BCUT2D eigenvalue weighted by atomic mass is 10.1. The van der Waals surface area contributed by atoms with Gasteiger partial charge in [0.1, 0.15) is 0 Å². The minimum absolute atomic E-state index is 0.00868. The van der Waals surface area contributed by atoms with Gasteiger partial charge < -0.3 is 20.4 Å². The molecular formula is C19H25N3O4. The summed E-state index contributed by atoms with van der Waals surface area (Å²) in [6, 6.07) is 8.01. The van der Waals surface area contributed by atoms with Crippen LogP contribution in [-0.2, 0) is 25.5 Å². The quantitative estimate of drug-likeness (QED) is 0.593. The summed E-state index contributed by atoms with van der Waals surface area (Å²) in [5.74, 6) is -1.20. The van der Waals surface area contributed by atoms with Crippen LogP contribution in [0.25, 0.3) is 10.9 Å². The van der Waals surface area contributed by atoms with Gasteiger partial charge in [-0.3, -0.25) is 14.4 Å². The van der Waals surface area contributed by atoms with Crippen molar-refractivity contribution in [2.24, 2.45) is 0 Å². The van der Waals surface area contributed by atoms with E-state index in [1.807, 2.05) is 44.3 Å². The Morgan fingerprint density at radius 2 is 1.92 bits per heavy atom. The second kappa shape index (κ2) is 9.60. The first kappa shape index (κ1) is 19.5. The molecule has 26 heavy (non-hydrogen) atoms. The van der Waals surface area contributed by atoms with Crippen LogP contribution >= 0.6 is 0 Å². The van der Waals surface area contributed by atoms with E-state index in [1.54, 1.807) is 0 Å². The Morgan fingerprint density at radius 1 is 1.15 bits per heavy atom. The molecule has 0 radical (unpaired) electrons. The number of carbonyl (C=O) groups excluding carboxylic acids is 3. The number of esters is 1. The fourth-order valence-electron chi connectivity index (χ4n) is 2.58. The van der Waals surface area contributed by atoms with Crippen LogP contribution in [0, 0.1) is 0 Å². The summed E-state index contributed by atoms with van der Waals surface area (Å²) in [6.07, 6.45) is 3.58. The molecule has 0 spiro atoms. The van der Waals surface area contributed by atoms with Gasteiger partial charge in [0.2, 0.25) is 5.91 Å². The van der Waals surface area contributed by atoms with Crippen LogP contribution in [-0.4, -0.2) is 42.0 Å². The fraction of sp³-hybridized carbons (Fsp3) is 0.421. The van der Waals surface area contributed by atoms with Crippen LogP contribution in [0.1, 0.15) is 32.3 Å². The average molecular weight is 359 g/mol. The van der Waals surface area contributed by atoms with Crippen molar-refractivity contribution in [3.8, 4) is 0 Å². The lowest BCUT2D eigenvalue weighted by Crippen LogP contribution is -2.41. The molecule has 2 amide bonds. The van der Waals surface area contributed by atoms with Gasteiger partial charge in [0, 0.05) is 29.6 Å². The first-order chi connectivity index (χ1) is 12.5. The summed E-state index contributed by atoms with van der Waals surface area (Å²) < 4.78 is 4.93. The summed E-state index contributed by atoms with van der Waals surface area (Å²) in [5.41, 5.74) is 2.23. The van der Waals surface area contributed by atoms with Gasteiger partial charge in [0.25, 0.3) is 5.91 Å². The molecule has 7 nitrogen and oxygen atoms in total. The second-order valence-corrected chi connectivity index (χ2v) is 6.37. The van der Waals surface area contributed by atoms with Crippen molar-refractivity contribution in [2.75, 3.05) is 13.2 Å². The Balaban J connectivity index is 1.63. The summed E-state index contributed by atoms with van der Waals surface area (Å²) in [5, 5.41) is 6.22. The van der Waals surface area contributed by atoms with Gasteiger partial charge in [0.15, 0.2) is 6.61 Å². The number of para-hydroxylation sites is 1. The lowest BCUT2D eigenvalue weighted by molar-refractivity contribution is -0.148. The molecule has 0 bridgehead atoms. The standard InChI is InChI=1S/C19H25N3O4/c1-13(2)22-17(23)11-21-18(24)12-26-19(25)9-5-6-14-10-20-16-8-4-3-7-15(14)16/h3-4,7-8,10,13,20H,5-6,9,11-12H2,1-2H3,(H,21,24)(H,22,23). The maximum atomic E-state index is 11.7. The smallest absolute Gasteiger partial charge is 0.306 e. The van der Waals surface area contributed by atoms with Gasteiger partial charge in [-0.1, -0.05) is 18.2 Å². The van der Waals surface area contributed by atoms with Crippen molar-refractivity contribution in [2.45, 2.75) is 39.2 Å². The van der Waals surface area contributed by atoms with Crippen molar-refractivity contribution in [3.05, 3.63) is 36.0 Å². The first-order valence-electron chi connectivity index (χ1n) is 8.72. The summed E-state index contributed by atoms with van der Waals surface area (Å²) in [6.45, 7) is 3.16. The van der Waals surface area contributed by atoms with Crippen LogP contribution in [0.3, 0.4) is 0 Å². The zero-order chi connectivity index (χ0) is 18.9. The number of aromatic amines is 1. The molecule has 0 aliphatic carbocycles. The van der Waals surface area contributed by atoms with Crippen molar-refractivity contribution in [1.29, 1.82) is 0 Å². The monoisotopic (exact) mass is 359 g/mol. The Hall–Kier alpha value is -2.83. The molecule has 1 aromatic carbocycles. The molecule has 140 valence electrons. The fourth-order valence-corrected chi connectivity index (χ4v) is 2.58. The normalized spacial score (nSPS) is 10.7. The predicted molar refractivity (Wildman–Crippen MR) is 98.5 cm³/mol. The molecular weight excluding hydrogens is 334 g/mol. The van der Waals surface area contributed by atoms with Crippen LogP contribution in [0.5, 0.6) is 0 Å². The number of benzene rings is 1. The minimum atomic E-state index is -0.492. The molecule has 2 aromatic rings. The SMILES string of the molecule is CC(C)NC(=O)CNC(=O)COC(=O)CCCc1c[nH]c2ccccc12. The Morgan fingerprint density at radius 3 is 2.69 bits per heavy atom. The van der Waals surface area contributed by atoms with Gasteiger partial charge in [-0.05, 0) is 38.3 Å².